The molecule has 3 N–H and O–H groups in total. The molecule has 0 radical (unpaired) electrons. The third-order valence-corrected chi connectivity index (χ3v) is 1.75. The van der Waals surface area contributed by atoms with Gasteiger partial charge in [-0.1, -0.05) is 18.2 Å². The van der Waals surface area contributed by atoms with Gasteiger partial charge in [-0.3, -0.25) is 9.89 Å². The van der Waals surface area contributed by atoms with Gasteiger partial charge < -0.3 is 5.73 Å². The summed E-state index contributed by atoms with van der Waals surface area (Å²) in [6, 6.07) is 10.6. The number of hydrogen-bond acceptors (Lipinski definition) is 2. The summed E-state index contributed by atoms with van der Waals surface area (Å²) in [5.41, 5.74) is 6.07. The Morgan fingerprint density at radius 2 is 1.92 bits per heavy atom. The van der Waals surface area contributed by atoms with Crippen LogP contribution in [0.2, 0.25) is 0 Å². The number of para-hydroxylation sites is 1. The van der Waals surface area contributed by atoms with Crippen LogP contribution in [0.1, 0.15) is 0 Å². The van der Waals surface area contributed by atoms with Crippen molar-refractivity contribution < 1.29 is 0 Å². The highest BCUT2D eigenvalue weighted by Gasteiger charge is 2.00. The number of H-pyrrole nitrogens is 1. The van der Waals surface area contributed by atoms with Crippen LogP contribution in [0.3, 0.4) is 0 Å². The molecule has 0 saturated heterocycles. The quantitative estimate of drug-likeness (QED) is 0.671. The summed E-state index contributed by atoms with van der Waals surface area (Å²) in [6.07, 6.45) is 0. The molecule has 0 saturated carbocycles. The largest absolute Gasteiger partial charge is 0.384 e. The molecule has 4 nitrogen and oxygen atoms in total. The third kappa shape index (κ3) is 1.33. The molecule has 4 heteroatoms. The van der Waals surface area contributed by atoms with E-state index in [0.717, 1.165) is 5.69 Å². The summed E-state index contributed by atoms with van der Waals surface area (Å²) in [5, 5.41) is 2.74. The summed E-state index contributed by atoms with van der Waals surface area (Å²) in [5.74, 6) is 0.369. The Hall–Kier alpha value is -1.97. The average molecular weight is 175 g/mol. The maximum absolute atomic E-state index is 11.3. The summed E-state index contributed by atoms with van der Waals surface area (Å²) < 4.78 is 1.40. The molecule has 13 heavy (non-hydrogen) atoms. The molecule has 0 bridgehead atoms. The molecule has 0 aliphatic carbocycles. The molecule has 1 heterocycles. The smallest absolute Gasteiger partial charge is 0.273 e. The third-order valence-electron chi connectivity index (χ3n) is 1.75. The minimum atomic E-state index is -0.149. The molecule has 0 spiro atoms. The van der Waals surface area contributed by atoms with Crippen LogP contribution in [0.25, 0.3) is 5.69 Å². The maximum atomic E-state index is 11.3. The molecule has 0 aliphatic heterocycles. The fourth-order valence-electron chi connectivity index (χ4n) is 1.18. The van der Waals surface area contributed by atoms with E-state index in [1.165, 1.54) is 10.7 Å². The summed E-state index contributed by atoms with van der Waals surface area (Å²) in [4.78, 5) is 11.3. The lowest BCUT2D eigenvalue weighted by Gasteiger charge is -1.99. The summed E-state index contributed by atoms with van der Waals surface area (Å²) in [7, 11) is 0. The Bertz CT molecular complexity index is 455. The minimum Gasteiger partial charge on any atom is -0.384 e. The number of aromatic amines is 1. The Kier molecular flexibility index (Phi) is 1.66. The van der Waals surface area contributed by atoms with E-state index in [1.807, 2.05) is 30.3 Å². The van der Waals surface area contributed by atoms with Gasteiger partial charge in [0.2, 0.25) is 0 Å². The number of nitrogens with two attached hydrogens (primary N) is 1. The second-order valence-corrected chi connectivity index (χ2v) is 2.72. The fraction of sp³-hybridized carbons (Fsp3) is 0. The molecular weight excluding hydrogens is 166 g/mol. The molecule has 2 rings (SSSR count). The molecule has 0 aliphatic rings. The van der Waals surface area contributed by atoms with Crippen LogP contribution in [0.15, 0.2) is 41.2 Å². The molecule has 0 atom stereocenters. The molecule has 0 amide bonds. The van der Waals surface area contributed by atoms with Crippen molar-refractivity contribution in [2.75, 3.05) is 5.73 Å². The number of anilines is 1. The van der Waals surface area contributed by atoms with E-state index in [9.17, 15) is 4.79 Å². The van der Waals surface area contributed by atoms with E-state index in [4.69, 9.17) is 5.73 Å². The second kappa shape index (κ2) is 2.82. The minimum absolute atomic E-state index is 0.149. The molecular formula is C9H9N3O. The van der Waals surface area contributed by atoms with Crippen LogP contribution < -0.4 is 11.3 Å². The van der Waals surface area contributed by atoms with Gasteiger partial charge in [-0.05, 0) is 12.1 Å². The number of aromatic nitrogens is 2. The Morgan fingerprint density at radius 3 is 2.46 bits per heavy atom. The van der Waals surface area contributed by atoms with E-state index in [1.54, 1.807) is 0 Å². The summed E-state index contributed by atoms with van der Waals surface area (Å²) >= 11 is 0. The predicted octanol–water partition coefficient (Wildman–Crippen LogP) is 0.748. The molecule has 2 aromatic rings. The van der Waals surface area contributed by atoms with Crippen molar-refractivity contribution in [3.63, 3.8) is 0 Å². The highest BCUT2D eigenvalue weighted by Crippen LogP contribution is 2.03. The summed E-state index contributed by atoms with van der Waals surface area (Å²) in [6.45, 7) is 0. The molecule has 0 unspecified atom stereocenters. The standard InChI is InChI=1S/C9H9N3O/c10-8-6-9(13)12(11-8)7-4-2-1-3-5-7/h1-6,11H,10H2. The van der Waals surface area contributed by atoms with Crippen LogP contribution >= 0.6 is 0 Å². The van der Waals surface area contributed by atoms with E-state index < -0.39 is 0 Å². The number of rotatable bonds is 1. The van der Waals surface area contributed by atoms with E-state index >= 15 is 0 Å². The SMILES string of the molecule is Nc1cc(=O)n(-c2ccccc2)[nH]1. The highest BCUT2D eigenvalue weighted by atomic mass is 16.1. The molecule has 66 valence electrons. The fourth-order valence-corrected chi connectivity index (χ4v) is 1.18. The van der Waals surface area contributed by atoms with Gasteiger partial charge >= 0.3 is 0 Å². The van der Waals surface area contributed by atoms with Gasteiger partial charge in [-0.25, -0.2) is 4.68 Å². The van der Waals surface area contributed by atoms with Gasteiger partial charge in [0, 0.05) is 6.07 Å². The zero-order chi connectivity index (χ0) is 9.26. The van der Waals surface area contributed by atoms with Crippen molar-refractivity contribution in [1.82, 2.24) is 9.78 Å². The predicted molar refractivity (Wildman–Crippen MR) is 50.8 cm³/mol. The van der Waals surface area contributed by atoms with Crippen molar-refractivity contribution >= 4 is 5.82 Å². The van der Waals surface area contributed by atoms with Crippen molar-refractivity contribution in [2.45, 2.75) is 0 Å². The monoisotopic (exact) mass is 175 g/mol. The van der Waals surface area contributed by atoms with Crippen LogP contribution in [0.5, 0.6) is 0 Å². The van der Waals surface area contributed by atoms with Gasteiger partial charge in [0.05, 0.1) is 5.69 Å². The Morgan fingerprint density at radius 1 is 1.23 bits per heavy atom. The van der Waals surface area contributed by atoms with Gasteiger partial charge in [-0.15, -0.1) is 0 Å². The first kappa shape index (κ1) is 7.67. The number of hydrogen-bond donors (Lipinski definition) is 2. The van der Waals surface area contributed by atoms with Crippen molar-refractivity contribution in [3.8, 4) is 5.69 Å². The number of nitrogen functional groups attached to an aromatic ring is 1. The lowest BCUT2D eigenvalue weighted by Crippen LogP contribution is -2.12. The van der Waals surface area contributed by atoms with Crippen LogP contribution in [-0.2, 0) is 0 Å². The first-order valence-electron chi connectivity index (χ1n) is 3.90. The topological polar surface area (TPSA) is 63.8 Å². The second-order valence-electron chi connectivity index (χ2n) is 2.72. The van der Waals surface area contributed by atoms with Crippen molar-refractivity contribution in [1.29, 1.82) is 0 Å². The average Bonchev–Trinajstić information content (AvgIpc) is 2.47. The Balaban J connectivity index is 2.59. The van der Waals surface area contributed by atoms with Crippen LogP contribution in [0.4, 0.5) is 5.82 Å². The lowest BCUT2D eigenvalue weighted by atomic mass is 10.3. The van der Waals surface area contributed by atoms with Crippen LogP contribution in [-0.4, -0.2) is 9.78 Å². The lowest BCUT2D eigenvalue weighted by molar-refractivity contribution is 0.854. The zero-order valence-corrected chi connectivity index (χ0v) is 6.90. The first-order valence-corrected chi connectivity index (χ1v) is 3.90. The van der Waals surface area contributed by atoms with Crippen LogP contribution in [0, 0.1) is 0 Å². The van der Waals surface area contributed by atoms with Crippen molar-refractivity contribution in [3.05, 3.63) is 46.8 Å². The molecule has 1 aromatic heterocycles. The highest BCUT2D eigenvalue weighted by molar-refractivity contribution is 5.34. The van der Waals surface area contributed by atoms with E-state index in [-0.39, 0.29) is 5.56 Å². The van der Waals surface area contributed by atoms with E-state index in [0.29, 0.717) is 5.82 Å². The zero-order valence-electron chi connectivity index (χ0n) is 6.90. The van der Waals surface area contributed by atoms with Gasteiger partial charge in [0.15, 0.2) is 0 Å². The normalized spacial score (nSPS) is 10.2. The number of nitrogens with zero attached hydrogens (tertiary/aromatic N) is 1. The van der Waals surface area contributed by atoms with Gasteiger partial charge in [0.25, 0.3) is 5.56 Å². The van der Waals surface area contributed by atoms with Gasteiger partial charge in [-0.2, -0.15) is 0 Å². The Labute approximate surface area is 74.6 Å². The van der Waals surface area contributed by atoms with Crippen molar-refractivity contribution in [2.24, 2.45) is 0 Å². The number of nitrogens with one attached hydrogen (secondary N) is 1. The number of benzene rings is 1. The first-order chi connectivity index (χ1) is 6.27. The molecule has 1 aromatic carbocycles. The van der Waals surface area contributed by atoms with E-state index in [2.05, 4.69) is 5.10 Å². The maximum Gasteiger partial charge on any atom is 0.273 e. The molecule has 0 fully saturated rings. The van der Waals surface area contributed by atoms with Gasteiger partial charge in [0.1, 0.15) is 5.82 Å².